The van der Waals surface area contributed by atoms with Crippen LogP contribution in [-0.2, 0) is 7.05 Å². The molecule has 0 aromatic carbocycles. The largest absolute Gasteiger partial charge is 0.383 e. The van der Waals surface area contributed by atoms with Gasteiger partial charge in [0.15, 0.2) is 0 Å². The van der Waals surface area contributed by atoms with Crippen LogP contribution in [0.1, 0.15) is 5.69 Å². The average molecular weight is 153 g/mol. The SMILES string of the molecule is Cn1nnc(C#N)c1[N+](=O)[O-]. The second-order valence-electron chi connectivity index (χ2n) is 1.75. The first-order valence-electron chi connectivity index (χ1n) is 2.61. The van der Waals surface area contributed by atoms with Crippen molar-refractivity contribution in [1.82, 2.24) is 15.0 Å². The topological polar surface area (TPSA) is 97.6 Å². The van der Waals surface area contributed by atoms with Crippen molar-refractivity contribution in [2.75, 3.05) is 0 Å². The summed E-state index contributed by atoms with van der Waals surface area (Å²) in [4.78, 5) is 9.52. The van der Waals surface area contributed by atoms with Gasteiger partial charge in [-0.05, 0) is 4.92 Å². The Morgan fingerprint density at radius 1 is 1.82 bits per heavy atom. The number of aromatic nitrogens is 3. The number of rotatable bonds is 1. The van der Waals surface area contributed by atoms with Crippen LogP contribution < -0.4 is 0 Å². The predicted molar refractivity (Wildman–Crippen MR) is 32.4 cm³/mol. The fourth-order valence-corrected chi connectivity index (χ4v) is 0.629. The highest BCUT2D eigenvalue weighted by Crippen LogP contribution is 2.11. The quantitative estimate of drug-likeness (QED) is 0.403. The van der Waals surface area contributed by atoms with Gasteiger partial charge in [0.25, 0.3) is 5.69 Å². The summed E-state index contributed by atoms with van der Waals surface area (Å²) in [5, 5.41) is 25.1. The van der Waals surface area contributed by atoms with Gasteiger partial charge in [-0.1, -0.05) is 5.10 Å². The molecular formula is C4H3N5O2. The van der Waals surface area contributed by atoms with Crippen LogP contribution in [-0.4, -0.2) is 19.9 Å². The number of hydrogen-bond acceptors (Lipinski definition) is 5. The van der Waals surface area contributed by atoms with Gasteiger partial charge in [0, 0.05) is 5.21 Å². The molecule has 7 nitrogen and oxygen atoms in total. The standard InChI is InChI=1S/C4H3N5O2/c1-8-4(9(10)11)3(2-5)6-7-8/h1H3. The van der Waals surface area contributed by atoms with Crippen molar-refractivity contribution in [1.29, 1.82) is 5.26 Å². The highest BCUT2D eigenvalue weighted by molar-refractivity contribution is 5.35. The first kappa shape index (κ1) is 7.14. The molecule has 0 aliphatic heterocycles. The average Bonchev–Trinajstić information content (AvgIpc) is 2.30. The van der Waals surface area contributed by atoms with Crippen LogP contribution in [0, 0.1) is 21.4 Å². The molecule has 0 radical (unpaired) electrons. The first-order chi connectivity index (χ1) is 5.16. The molecule has 7 heteroatoms. The Hall–Kier alpha value is -1.97. The molecule has 56 valence electrons. The predicted octanol–water partition coefficient (Wildman–Crippen LogP) is -0.405. The van der Waals surface area contributed by atoms with Gasteiger partial charge >= 0.3 is 5.82 Å². The first-order valence-corrected chi connectivity index (χ1v) is 2.61. The fraction of sp³-hybridized carbons (Fsp3) is 0.250. The van der Waals surface area contributed by atoms with E-state index in [1.54, 1.807) is 6.07 Å². The van der Waals surface area contributed by atoms with Gasteiger partial charge in [-0.25, -0.2) is 0 Å². The lowest BCUT2D eigenvalue weighted by Gasteiger charge is -1.89. The van der Waals surface area contributed by atoms with Gasteiger partial charge in [-0.15, -0.1) is 4.68 Å². The van der Waals surface area contributed by atoms with E-state index in [4.69, 9.17) is 5.26 Å². The lowest BCUT2D eigenvalue weighted by molar-refractivity contribution is -0.392. The third-order valence-corrected chi connectivity index (χ3v) is 1.08. The van der Waals surface area contributed by atoms with E-state index in [-0.39, 0.29) is 11.5 Å². The molecule has 0 N–H and O–H groups in total. The minimum Gasteiger partial charge on any atom is -0.358 e. The molecule has 0 fully saturated rings. The van der Waals surface area contributed by atoms with Crippen molar-refractivity contribution in [3.8, 4) is 6.07 Å². The lowest BCUT2D eigenvalue weighted by Crippen LogP contribution is -1.99. The Balaban J connectivity index is 3.32. The molecule has 1 aromatic heterocycles. The Kier molecular flexibility index (Phi) is 1.52. The highest BCUT2D eigenvalue weighted by atomic mass is 16.6. The normalized spacial score (nSPS) is 9.09. The van der Waals surface area contributed by atoms with Gasteiger partial charge in [-0.2, -0.15) is 5.26 Å². The van der Waals surface area contributed by atoms with E-state index in [2.05, 4.69) is 10.3 Å². The summed E-state index contributed by atoms with van der Waals surface area (Å²) in [6.45, 7) is 0. The molecule has 0 amide bonds. The number of aryl methyl sites for hydroxylation is 1. The minimum atomic E-state index is -0.696. The zero-order valence-corrected chi connectivity index (χ0v) is 5.55. The van der Waals surface area contributed by atoms with Gasteiger partial charge in [0.2, 0.25) is 0 Å². The highest BCUT2D eigenvalue weighted by Gasteiger charge is 2.20. The third-order valence-electron chi connectivity index (χ3n) is 1.08. The van der Waals surface area contributed by atoms with Crippen LogP contribution in [0.25, 0.3) is 0 Å². The zero-order valence-electron chi connectivity index (χ0n) is 5.55. The summed E-state index contributed by atoms with van der Waals surface area (Å²) in [6, 6.07) is 1.56. The maximum atomic E-state index is 10.2. The minimum absolute atomic E-state index is 0.266. The number of nitriles is 1. The van der Waals surface area contributed by atoms with E-state index >= 15 is 0 Å². The van der Waals surface area contributed by atoms with E-state index in [9.17, 15) is 10.1 Å². The van der Waals surface area contributed by atoms with Gasteiger partial charge in [0.05, 0.1) is 0 Å². The van der Waals surface area contributed by atoms with E-state index in [1.807, 2.05) is 0 Å². The molecule has 0 spiro atoms. The van der Waals surface area contributed by atoms with Crippen molar-refractivity contribution >= 4 is 5.82 Å². The Bertz CT molecular complexity index is 335. The third kappa shape index (κ3) is 1.01. The zero-order chi connectivity index (χ0) is 8.43. The molecule has 1 heterocycles. The Morgan fingerprint density at radius 2 is 2.45 bits per heavy atom. The summed E-state index contributed by atoms with van der Waals surface area (Å²) in [5.74, 6) is -0.382. The Labute approximate surface area is 61.0 Å². The second kappa shape index (κ2) is 2.34. The van der Waals surface area contributed by atoms with Crippen molar-refractivity contribution < 1.29 is 4.92 Å². The van der Waals surface area contributed by atoms with Crippen LogP contribution in [0.2, 0.25) is 0 Å². The second-order valence-corrected chi connectivity index (χ2v) is 1.75. The summed E-state index contributed by atoms with van der Waals surface area (Å²) in [6.07, 6.45) is 0. The van der Waals surface area contributed by atoms with Crippen LogP contribution in [0.3, 0.4) is 0 Å². The molecule has 0 saturated heterocycles. The molecule has 1 aromatic rings. The molecule has 0 atom stereocenters. The van der Waals surface area contributed by atoms with Crippen molar-refractivity contribution in [2.24, 2.45) is 7.05 Å². The fourth-order valence-electron chi connectivity index (χ4n) is 0.629. The van der Waals surface area contributed by atoms with Crippen LogP contribution in [0.5, 0.6) is 0 Å². The van der Waals surface area contributed by atoms with Gasteiger partial charge in [-0.3, -0.25) is 0 Å². The molecule has 1 rings (SSSR count). The number of nitrogens with zero attached hydrogens (tertiary/aromatic N) is 5. The monoisotopic (exact) mass is 153 g/mol. The van der Waals surface area contributed by atoms with Gasteiger partial charge in [0.1, 0.15) is 13.1 Å². The van der Waals surface area contributed by atoms with Crippen LogP contribution in [0.15, 0.2) is 0 Å². The van der Waals surface area contributed by atoms with Crippen LogP contribution >= 0.6 is 0 Å². The Morgan fingerprint density at radius 3 is 2.82 bits per heavy atom. The maximum Gasteiger partial charge on any atom is 0.383 e. The van der Waals surface area contributed by atoms with E-state index < -0.39 is 4.92 Å². The molecule has 0 aliphatic carbocycles. The summed E-state index contributed by atoms with van der Waals surface area (Å²) >= 11 is 0. The smallest absolute Gasteiger partial charge is 0.358 e. The number of nitro groups is 1. The molecule has 11 heavy (non-hydrogen) atoms. The molecule has 0 bridgehead atoms. The summed E-state index contributed by atoms with van der Waals surface area (Å²) in [7, 11) is 1.35. The van der Waals surface area contributed by atoms with Crippen LogP contribution in [0.4, 0.5) is 5.82 Å². The maximum absolute atomic E-state index is 10.2. The molecule has 0 saturated carbocycles. The molecule has 0 unspecified atom stereocenters. The van der Waals surface area contributed by atoms with Gasteiger partial charge < -0.3 is 10.1 Å². The van der Waals surface area contributed by atoms with Crippen molar-refractivity contribution in [3.63, 3.8) is 0 Å². The summed E-state index contributed by atoms with van der Waals surface area (Å²) in [5.41, 5.74) is -0.266. The van der Waals surface area contributed by atoms with E-state index in [0.29, 0.717) is 0 Å². The number of hydrogen-bond donors (Lipinski definition) is 0. The van der Waals surface area contributed by atoms with E-state index in [0.717, 1.165) is 4.68 Å². The van der Waals surface area contributed by atoms with Crippen molar-refractivity contribution in [2.45, 2.75) is 0 Å². The summed E-state index contributed by atoms with van der Waals surface area (Å²) < 4.78 is 0.943. The molecule has 0 aliphatic rings. The molecular weight excluding hydrogens is 150 g/mol. The lowest BCUT2D eigenvalue weighted by atomic mass is 10.5. The van der Waals surface area contributed by atoms with Crippen molar-refractivity contribution in [3.05, 3.63) is 15.8 Å². The van der Waals surface area contributed by atoms with E-state index in [1.165, 1.54) is 7.05 Å².